The Morgan fingerprint density at radius 2 is 1.97 bits per heavy atom. The van der Waals surface area contributed by atoms with Crippen LogP contribution in [0.5, 0.6) is 0 Å². The third kappa shape index (κ3) is 3.35. The van der Waals surface area contributed by atoms with Gasteiger partial charge in [-0.2, -0.15) is 0 Å². The molecule has 6 nitrogen and oxygen atoms in total. The van der Waals surface area contributed by atoms with Crippen molar-refractivity contribution < 1.29 is 22.7 Å². The highest BCUT2D eigenvalue weighted by Crippen LogP contribution is 2.50. The normalized spacial score (nSPS) is 23.4. The number of nitrogens with one attached hydrogen (secondary N) is 1. The van der Waals surface area contributed by atoms with Crippen LogP contribution in [0.2, 0.25) is 0 Å². The first-order valence-electron chi connectivity index (χ1n) is 9.77. The summed E-state index contributed by atoms with van der Waals surface area (Å²) < 4.78 is 48.4. The summed E-state index contributed by atoms with van der Waals surface area (Å²) in [5.74, 6) is -1.51. The number of halogens is 3. The molecule has 10 heteroatoms. The molecule has 30 heavy (non-hydrogen) atoms. The van der Waals surface area contributed by atoms with E-state index in [2.05, 4.69) is 5.32 Å². The van der Waals surface area contributed by atoms with E-state index in [1.807, 2.05) is 18.7 Å². The number of thioether (sulfide) groups is 1. The van der Waals surface area contributed by atoms with Crippen LogP contribution in [0.3, 0.4) is 0 Å². The third-order valence-corrected chi connectivity index (χ3v) is 6.59. The Balaban J connectivity index is 1.93. The Morgan fingerprint density at radius 3 is 2.57 bits per heavy atom. The van der Waals surface area contributed by atoms with Gasteiger partial charge in [-0.1, -0.05) is 11.8 Å². The first-order valence-corrected chi connectivity index (χ1v) is 10.7. The maximum absolute atomic E-state index is 15.0. The van der Waals surface area contributed by atoms with Gasteiger partial charge in [0.05, 0.1) is 22.8 Å². The molecule has 4 rings (SSSR count). The molecule has 0 spiro atoms. The molecule has 2 aromatic rings. The summed E-state index contributed by atoms with van der Waals surface area (Å²) in [7, 11) is 0. The summed E-state index contributed by atoms with van der Waals surface area (Å²) >= 11 is 0.758. The number of hydrogen-bond donors (Lipinski definition) is 1. The Kier molecular flexibility index (Phi) is 5.48. The number of alkyl halides is 2. The molecule has 0 radical (unpaired) electrons. The molecule has 0 amide bonds. The zero-order valence-electron chi connectivity index (χ0n) is 16.7. The fraction of sp³-hybridized carbons (Fsp3) is 0.500. The van der Waals surface area contributed by atoms with Crippen LogP contribution < -0.4 is 15.6 Å². The van der Waals surface area contributed by atoms with Gasteiger partial charge in [0.1, 0.15) is 16.8 Å². The van der Waals surface area contributed by atoms with E-state index in [9.17, 15) is 18.4 Å². The van der Waals surface area contributed by atoms with E-state index < -0.39 is 29.0 Å². The molecule has 1 saturated heterocycles. The number of pyridine rings is 1. The molecular formula is C20H22F3N3O3S. The molecule has 2 aliphatic rings. The van der Waals surface area contributed by atoms with Crippen LogP contribution in [0.25, 0.3) is 10.9 Å². The molecule has 1 N–H and O–H groups in total. The fourth-order valence-corrected chi connectivity index (χ4v) is 5.31. The number of carbonyl (C=O) groups is 1. The van der Waals surface area contributed by atoms with Crippen molar-refractivity contribution in [2.24, 2.45) is 0 Å². The zero-order chi connectivity index (χ0) is 21.7. The lowest BCUT2D eigenvalue weighted by atomic mass is 10.1. The van der Waals surface area contributed by atoms with Gasteiger partial charge in [0.25, 0.3) is 6.43 Å². The van der Waals surface area contributed by atoms with Crippen molar-refractivity contribution >= 4 is 34.3 Å². The van der Waals surface area contributed by atoms with Crippen LogP contribution in [0, 0.1) is 5.82 Å². The van der Waals surface area contributed by atoms with Crippen LogP contribution in [0.4, 0.5) is 18.9 Å². The molecule has 1 fully saturated rings. The van der Waals surface area contributed by atoms with Gasteiger partial charge in [0.2, 0.25) is 5.43 Å². The number of aromatic nitrogens is 1. The van der Waals surface area contributed by atoms with E-state index in [1.54, 1.807) is 6.92 Å². The quantitative estimate of drug-likeness (QED) is 0.734. The lowest BCUT2D eigenvalue weighted by molar-refractivity contribution is 0.0514. The van der Waals surface area contributed by atoms with Gasteiger partial charge in [-0.05, 0) is 32.9 Å². The second-order valence-corrected chi connectivity index (χ2v) is 8.74. The monoisotopic (exact) mass is 441 g/mol. The van der Waals surface area contributed by atoms with Crippen LogP contribution >= 0.6 is 11.8 Å². The highest BCUT2D eigenvalue weighted by molar-refractivity contribution is 8.00. The summed E-state index contributed by atoms with van der Waals surface area (Å²) in [6.45, 7) is 6.65. The molecule has 3 atom stereocenters. The number of hydrogen-bond acceptors (Lipinski definition) is 6. The second-order valence-electron chi connectivity index (χ2n) is 7.64. The van der Waals surface area contributed by atoms with Crippen molar-refractivity contribution in [3.05, 3.63) is 33.7 Å². The fourth-order valence-electron chi connectivity index (χ4n) is 4.19. The average Bonchev–Trinajstić information content (AvgIpc) is 2.63. The van der Waals surface area contributed by atoms with Gasteiger partial charge in [0.15, 0.2) is 0 Å². The number of rotatable bonds is 4. The van der Waals surface area contributed by atoms with Crippen LogP contribution in [0.1, 0.15) is 36.5 Å². The van der Waals surface area contributed by atoms with Gasteiger partial charge >= 0.3 is 5.97 Å². The lowest BCUT2D eigenvalue weighted by Gasteiger charge is -2.38. The van der Waals surface area contributed by atoms with Crippen molar-refractivity contribution in [1.29, 1.82) is 0 Å². The number of ether oxygens (including phenoxy) is 1. The molecule has 0 saturated carbocycles. The number of fused-ring (bicyclic) bond motifs is 3. The van der Waals surface area contributed by atoms with E-state index in [1.165, 1.54) is 10.6 Å². The number of anilines is 1. The minimum absolute atomic E-state index is 0.0331. The summed E-state index contributed by atoms with van der Waals surface area (Å²) in [6, 6.07) is 2.73. The van der Waals surface area contributed by atoms with Crippen molar-refractivity contribution in [1.82, 2.24) is 9.88 Å². The van der Waals surface area contributed by atoms with Gasteiger partial charge in [-0.15, -0.1) is 0 Å². The summed E-state index contributed by atoms with van der Waals surface area (Å²) in [4.78, 5) is 27.1. The van der Waals surface area contributed by atoms with Gasteiger partial charge in [0, 0.05) is 30.6 Å². The van der Waals surface area contributed by atoms with Gasteiger partial charge in [-0.25, -0.2) is 18.0 Å². The standard InChI is InChI=1S/C20H22F3N3O3S/c1-4-29-20(28)15-16(27)11-5-12(21)14(25-7-9(2)24-10(3)8-25)6-13(11)26-18(15)30-19(26)17(22)23/h5-6,9-10,17,19,24H,4,7-8H2,1-3H3. The number of nitrogens with zero attached hydrogens (tertiary/aromatic N) is 2. The Hall–Kier alpha value is -2.20. The molecular weight excluding hydrogens is 419 g/mol. The molecule has 0 bridgehead atoms. The number of esters is 1. The number of piperazine rings is 1. The topological polar surface area (TPSA) is 63.6 Å². The van der Waals surface area contributed by atoms with E-state index in [0.717, 1.165) is 17.8 Å². The molecule has 1 aromatic heterocycles. The highest BCUT2D eigenvalue weighted by atomic mass is 32.2. The van der Waals surface area contributed by atoms with Crippen LogP contribution in [-0.4, -0.2) is 48.7 Å². The molecule has 162 valence electrons. The first-order chi connectivity index (χ1) is 14.2. The largest absolute Gasteiger partial charge is 0.462 e. The maximum atomic E-state index is 15.0. The molecule has 2 aliphatic heterocycles. The maximum Gasteiger partial charge on any atom is 0.344 e. The smallest absolute Gasteiger partial charge is 0.344 e. The Bertz CT molecular complexity index is 1060. The molecule has 0 aliphatic carbocycles. The minimum atomic E-state index is -2.71. The number of benzene rings is 1. The van der Waals surface area contributed by atoms with Crippen LogP contribution in [0.15, 0.2) is 22.0 Å². The Morgan fingerprint density at radius 1 is 1.30 bits per heavy atom. The summed E-state index contributed by atoms with van der Waals surface area (Å²) in [5.41, 5.74) is -0.571. The number of carbonyl (C=O) groups excluding carboxylic acids is 1. The van der Waals surface area contributed by atoms with E-state index in [-0.39, 0.29) is 45.9 Å². The van der Waals surface area contributed by atoms with Crippen molar-refractivity contribution in [3.63, 3.8) is 0 Å². The summed E-state index contributed by atoms with van der Waals surface area (Å²) in [5, 5.41) is 2.13. The first kappa shape index (κ1) is 21.0. The van der Waals surface area contributed by atoms with Gasteiger partial charge < -0.3 is 19.5 Å². The van der Waals surface area contributed by atoms with E-state index >= 15 is 4.39 Å². The average molecular weight is 441 g/mol. The third-order valence-electron chi connectivity index (χ3n) is 5.31. The Labute approximate surface area is 175 Å². The van der Waals surface area contributed by atoms with Gasteiger partial charge in [-0.3, -0.25) is 4.79 Å². The van der Waals surface area contributed by atoms with E-state index in [0.29, 0.717) is 13.1 Å². The molecule has 1 aromatic carbocycles. The zero-order valence-corrected chi connectivity index (χ0v) is 17.6. The predicted octanol–water partition coefficient (Wildman–Crippen LogP) is 3.37. The van der Waals surface area contributed by atoms with E-state index in [4.69, 9.17) is 4.74 Å². The van der Waals surface area contributed by atoms with Crippen molar-refractivity contribution in [3.8, 4) is 0 Å². The van der Waals surface area contributed by atoms with Crippen molar-refractivity contribution in [2.75, 3.05) is 24.6 Å². The van der Waals surface area contributed by atoms with Crippen molar-refractivity contribution in [2.45, 2.75) is 49.7 Å². The second kappa shape index (κ2) is 7.81. The minimum Gasteiger partial charge on any atom is -0.462 e. The molecule has 3 unspecified atom stereocenters. The predicted molar refractivity (Wildman–Crippen MR) is 109 cm³/mol. The lowest BCUT2D eigenvalue weighted by Crippen LogP contribution is -2.54. The highest BCUT2D eigenvalue weighted by Gasteiger charge is 2.41. The SMILES string of the molecule is CCOC(=O)c1c2n(c3cc(N4CC(C)NC(C)C4)c(F)cc3c1=O)C(C(F)F)S2. The summed E-state index contributed by atoms with van der Waals surface area (Å²) in [6.07, 6.45) is -2.71. The van der Waals surface area contributed by atoms with Crippen LogP contribution in [-0.2, 0) is 4.74 Å². The molecule has 3 heterocycles.